The maximum Gasteiger partial charge on any atom is 0.343 e. The fourth-order valence-electron chi connectivity index (χ4n) is 2.89. The highest BCUT2D eigenvalue weighted by molar-refractivity contribution is 5.96. The summed E-state index contributed by atoms with van der Waals surface area (Å²) in [7, 11) is 0. The van der Waals surface area contributed by atoms with Crippen molar-refractivity contribution in [1.29, 1.82) is 0 Å². The minimum atomic E-state index is -2.68. The van der Waals surface area contributed by atoms with E-state index in [-0.39, 0.29) is 17.9 Å². The Labute approximate surface area is 164 Å². The van der Waals surface area contributed by atoms with E-state index in [4.69, 9.17) is 4.74 Å². The molecule has 0 spiro atoms. The Morgan fingerprint density at radius 2 is 2.00 bits per heavy atom. The Morgan fingerprint density at radius 1 is 1.14 bits per heavy atom. The van der Waals surface area contributed by atoms with Gasteiger partial charge >= 0.3 is 5.97 Å². The Hall–Kier alpha value is -3.75. The number of nitrogens with zero attached hydrogens (tertiary/aromatic N) is 5. The molecule has 4 aromatic heterocycles. The number of carbonyl (C=O) groups excluding carboxylic acids is 1. The summed E-state index contributed by atoms with van der Waals surface area (Å²) in [6, 6.07) is 9.56. The average molecular weight is 395 g/mol. The van der Waals surface area contributed by atoms with Crippen LogP contribution in [-0.2, 0) is 4.74 Å². The van der Waals surface area contributed by atoms with Crippen molar-refractivity contribution in [3.05, 3.63) is 66.2 Å². The molecule has 7 nitrogen and oxygen atoms in total. The van der Waals surface area contributed by atoms with Gasteiger partial charge in [-0.2, -0.15) is 5.10 Å². The van der Waals surface area contributed by atoms with E-state index in [0.717, 1.165) is 0 Å². The van der Waals surface area contributed by atoms with Gasteiger partial charge in [-0.05, 0) is 37.3 Å². The highest BCUT2D eigenvalue weighted by atomic mass is 19.3. The quantitative estimate of drug-likeness (QED) is 0.476. The molecule has 0 atom stereocenters. The molecular weight excluding hydrogens is 380 g/mol. The fourth-order valence-corrected chi connectivity index (χ4v) is 2.89. The third-order valence-electron chi connectivity index (χ3n) is 4.18. The maximum absolute atomic E-state index is 13.1. The molecule has 146 valence electrons. The van der Waals surface area contributed by atoms with Gasteiger partial charge in [0.2, 0.25) is 0 Å². The zero-order chi connectivity index (χ0) is 20.4. The molecule has 4 aromatic rings. The summed E-state index contributed by atoms with van der Waals surface area (Å²) in [5, 5.41) is 4.11. The highest BCUT2D eigenvalue weighted by Gasteiger charge is 2.18. The summed E-state index contributed by atoms with van der Waals surface area (Å²) in [4.78, 5) is 25.0. The lowest BCUT2D eigenvalue weighted by atomic mass is 10.1. The van der Waals surface area contributed by atoms with Gasteiger partial charge in [0.05, 0.1) is 29.9 Å². The second-order valence-corrected chi connectivity index (χ2v) is 6.01. The fraction of sp³-hybridized carbons (Fsp3) is 0.150. The summed E-state index contributed by atoms with van der Waals surface area (Å²) in [6.07, 6.45) is 1.91. The summed E-state index contributed by atoms with van der Waals surface area (Å²) >= 11 is 0. The van der Waals surface area contributed by atoms with Gasteiger partial charge in [0, 0.05) is 18.0 Å². The Bertz CT molecular complexity index is 1190. The van der Waals surface area contributed by atoms with E-state index >= 15 is 0 Å². The number of ether oxygens (including phenoxy) is 1. The van der Waals surface area contributed by atoms with Gasteiger partial charge in [0.25, 0.3) is 6.43 Å². The first kappa shape index (κ1) is 18.6. The number of fused-ring (bicyclic) bond motifs is 1. The Morgan fingerprint density at radius 3 is 2.79 bits per heavy atom. The molecule has 0 radical (unpaired) electrons. The smallest absolute Gasteiger partial charge is 0.343 e. The largest absolute Gasteiger partial charge is 0.462 e. The van der Waals surface area contributed by atoms with Crippen molar-refractivity contribution in [1.82, 2.24) is 24.6 Å². The van der Waals surface area contributed by atoms with Crippen LogP contribution in [0.4, 0.5) is 8.78 Å². The Balaban J connectivity index is 1.84. The van der Waals surface area contributed by atoms with Crippen LogP contribution in [0.5, 0.6) is 0 Å². The van der Waals surface area contributed by atoms with Crippen LogP contribution < -0.4 is 0 Å². The molecule has 0 fully saturated rings. The number of alkyl halides is 2. The zero-order valence-corrected chi connectivity index (χ0v) is 15.3. The van der Waals surface area contributed by atoms with Gasteiger partial charge in [-0.1, -0.05) is 6.07 Å². The second-order valence-electron chi connectivity index (χ2n) is 6.01. The van der Waals surface area contributed by atoms with Crippen LogP contribution in [0.1, 0.15) is 29.4 Å². The van der Waals surface area contributed by atoms with Crippen LogP contribution in [0, 0.1) is 0 Å². The highest BCUT2D eigenvalue weighted by Crippen LogP contribution is 2.29. The molecule has 0 N–H and O–H groups in total. The minimum absolute atomic E-state index is 0.231. The molecule has 4 rings (SSSR count). The van der Waals surface area contributed by atoms with Crippen LogP contribution in [0.2, 0.25) is 0 Å². The molecule has 9 heteroatoms. The molecule has 0 unspecified atom stereocenters. The van der Waals surface area contributed by atoms with Gasteiger partial charge in [-0.15, -0.1) is 0 Å². The zero-order valence-electron chi connectivity index (χ0n) is 15.3. The molecular formula is C20H15F2N5O2. The van der Waals surface area contributed by atoms with Gasteiger partial charge in [-0.3, -0.25) is 4.98 Å². The van der Waals surface area contributed by atoms with E-state index < -0.39 is 12.4 Å². The van der Waals surface area contributed by atoms with E-state index in [1.54, 1.807) is 43.6 Å². The van der Waals surface area contributed by atoms with Crippen LogP contribution in [-0.4, -0.2) is 37.1 Å². The predicted molar refractivity (Wildman–Crippen MR) is 100 cm³/mol. The first-order chi connectivity index (χ1) is 14.1. The number of hydrogen-bond acceptors (Lipinski definition) is 6. The van der Waals surface area contributed by atoms with Crippen molar-refractivity contribution in [2.45, 2.75) is 13.3 Å². The van der Waals surface area contributed by atoms with Gasteiger partial charge < -0.3 is 4.74 Å². The Kier molecular flexibility index (Phi) is 4.94. The number of pyridine rings is 2. The number of carbonyl (C=O) groups is 1. The molecule has 0 aromatic carbocycles. The van der Waals surface area contributed by atoms with Crippen LogP contribution >= 0.6 is 0 Å². The van der Waals surface area contributed by atoms with Gasteiger partial charge in [0.15, 0.2) is 5.65 Å². The van der Waals surface area contributed by atoms with E-state index in [1.165, 1.54) is 22.8 Å². The number of rotatable bonds is 5. The van der Waals surface area contributed by atoms with Gasteiger partial charge in [0.1, 0.15) is 11.3 Å². The molecule has 0 aliphatic heterocycles. The molecule has 0 bridgehead atoms. The number of esters is 1. The third-order valence-corrected chi connectivity index (χ3v) is 4.18. The monoisotopic (exact) mass is 395 g/mol. The first-order valence-corrected chi connectivity index (χ1v) is 8.81. The first-order valence-electron chi connectivity index (χ1n) is 8.81. The second kappa shape index (κ2) is 7.70. The van der Waals surface area contributed by atoms with Crippen LogP contribution in [0.3, 0.4) is 0 Å². The molecule has 4 heterocycles. The molecule has 0 aliphatic rings. The summed E-state index contributed by atoms with van der Waals surface area (Å²) in [5.41, 5.74) is 2.02. The van der Waals surface area contributed by atoms with Crippen LogP contribution in [0.25, 0.3) is 28.3 Å². The average Bonchev–Trinajstić information content (AvgIpc) is 3.17. The lowest BCUT2D eigenvalue weighted by Gasteiger charge is -2.09. The van der Waals surface area contributed by atoms with Crippen molar-refractivity contribution < 1.29 is 18.3 Å². The van der Waals surface area contributed by atoms with Crippen molar-refractivity contribution in [2.24, 2.45) is 0 Å². The maximum atomic E-state index is 13.1. The predicted octanol–water partition coefficient (Wildman–Crippen LogP) is 3.97. The number of halogens is 2. The number of hydrogen-bond donors (Lipinski definition) is 0. The normalized spacial score (nSPS) is 11.2. The molecule has 0 amide bonds. The van der Waals surface area contributed by atoms with Crippen LogP contribution in [0.15, 0.2) is 55.0 Å². The molecule has 0 aliphatic carbocycles. The van der Waals surface area contributed by atoms with E-state index in [9.17, 15) is 13.6 Å². The van der Waals surface area contributed by atoms with Crippen molar-refractivity contribution in [2.75, 3.05) is 6.61 Å². The summed E-state index contributed by atoms with van der Waals surface area (Å²) in [5.74, 6) is -0.523. The van der Waals surface area contributed by atoms with Crippen molar-refractivity contribution in [3.8, 4) is 22.6 Å². The minimum Gasteiger partial charge on any atom is -0.462 e. The molecule has 0 saturated carbocycles. The van der Waals surface area contributed by atoms with Crippen molar-refractivity contribution in [3.63, 3.8) is 0 Å². The summed E-state index contributed by atoms with van der Waals surface area (Å²) in [6.45, 7) is 1.94. The number of aromatic nitrogens is 5. The molecule has 0 saturated heterocycles. The lowest BCUT2D eigenvalue weighted by Crippen LogP contribution is -2.05. The lowest BCUT2D eigenvalue weighted by molar-refractivity contribution is 0.0528. The standard InChI is InChI=1S/C20H15F2N5O2/c1-2-29-20(28)13-11-24-27-10-8-14(26-19(13)27)12-5-4-9-23-17(12)15-6-3-7-16(25-15)18(21)22/h3-11,18H,2H2,1H3. The van der Waals surface area contributed by atoms with E-state index in [1.807, 2.05) is 0 Å². The SMILES string of the molecule is CCOC(=O)c1cnn2ccc(-c3cccnc3-c3cccc(C(F)F)n3)nc12. The van der Waals surface area contributed by atoms with E-state index in [0.29, 0.717) is 28.3 Å². The van der Waals surface area contributed by atoms with Crippen molar-refractivity contribution >= 4 is 11.6 Å². The topological polar surface area (TPSA) is 82.3 Å². The summed E-state index contributed by atoms with van der Waals surface area (Å²) < 4.78 is 32.6. The molecule has 29 heavy (non-hydrogen) atoms. The van der Waals surface area contributed by atoms with E-state index in [2.05, 4.69) is 20.1 Å². The third kappa shape index (κ3) is 3.54. The van der Waals surface area contributed by atoms with Gasteiger partial charge in [-0.25, -0.2) is 28.1 Å².